The standard InChI is InChI=1S/C34H49N3O3/c1-3-4-5-6-7-8-9-10-11-12-13-14-15-16-17-18-19-20-21-26-33(39)35-27-29-37(2)30-28-36-34(40)31-24-22-23-25-32(31)38/h4-5,7-8,10-11,13-14,16-17,19-20,22-25,38H,3,6,9,12,15,18,21,26-30H2,1-2H3,(H,35,39)(H,36,40)/b5-4-,8-7-,11-10-,14-13-,17-16-,20-19-. The summed E-state index contributed by atoms with van der Waals surface area (Å²) in [5.41, 5.74) is 0.268. The highest BCUT2D eigenvalue weighted by molar-refractivity contribution is 5.96. The molecule has 6 heteroatoms. The van der Waals surface area contributed by atoms with Crippen molar-refractivity contribution in [3.63, 3.8) is 0 Å². The molecule has 0 saturated carbocycles. The number of benzene rings is 1. The van der Waals surface area contributed by atoms with E-state index in [9.17, 15) is 14.7 Å². The third-order valence-electron chi connectivity index (χ3n) is 5.88. The largest absolute Gasteiger partial charge is 0.507 e. The molecule has 0 aliphatic heterocycles. The number of rotatable bonds is 21. The van der Waals surface area contributed by atoms with Gasteiger partial charge in [-0.15, -0.1) is 0 Å². The number of hydrogen-bond donors (Lipinski definition) is 3. The Morgan fingerprint density at radius 2 is 1.20 bits per heavy atom. The quantitative estimate of drug-likeness (QED) is 0.151. The van der Waals surface area contributed by atoms with Crippen molar-refractivity contribution in [1.82, 2.24) is 15.5 Å². The molecule has 218 valence electrons. The summed E-state index contributed by atoms with van der Waals surface area (Å²) in [6.45, 7) is 4.51. The van der Waals surface area contributed by atoms with Gasteiger partial charge in [0.2, 0.25) is 5.91 Å². The maximum Gasteiger partial charge on any atom is 0.255 e. The number of allylic oxidation sites excluding steroid dienone is 12. The predicted octanol–water partition coefficient (Wildman–Crippen LogP) is 6.65. The molecule has 0 radical (unpaired) electrons. The summed E-state index contributed by atoms with van der Waals surface area (Å²) in [5, 5.41) is 15.5. The van der Waals surface area contributed by atoms with E-state index in [2.05, 4.69) is 90.5 Å². The number of carbonyl (C=O) groups excluding carboxylic acids is 2. The van der Waals surface area contributed by atoms with Gasteiger partial charge >= 0.3 is 0 Å². The Morgan fingerprint density at radius 3 is 1.73 bits per heavy atom. The number of nitrogens with zero attached hydrogens (tertiary/aromatic N) is 1. The first-order chi connectivity index (χ1) is 19.5. The van der Waals surface area contributed by atoms with Crippen LogP contribution in [0.25, 0.3) is 0 Å². The molecule has 2 amide bonds. The summed E-state index contributed by atoms with van der Waals surface area (Å²) in [6, 6.07) is 6.47. The van der Waals surface area contributed by atoms with E-state index in [1.807, 2.05) is 11.9 Å². The molecule has 0 spiro atoms. The fraction of sp³-hybridized carbons (Fsp3) is 0.412. The van der Waals surface area contributed by atoms with Crippen molar-refractivity contribution in [1.29, 1.82) is 0 Å². The fourth-order valence-electron chi connectivity index (χ4n) is 3.56. The van der Waals surface area contributed by atoms with Gasteiger partial charge in [-0.05, 0) is 64.1 Å². The lowest BCUT2D eigenvalue weighted by Crippen LogP contribution is -2.37. The van der Waals surface area contributed by atoms with Crippen molar-refractivity contribution in [2.75, 3.05) is 33.2 Å². The molecule has 0 atom stereocenters. The smallest absolute Gasteiger partial charge is 0.255 e. The number of phenols is 1. The van der Waals surface area contributed by atoms with E-state index in [-0.39, 0.29) is 23.1 Å². The summed E-state index contributed by atoms with van der Waals surface area (Å²) >= 11 is 0. The van der Waals surface area contributed by atoms with Crippen LogP contribution in [0.15, 0.2) is 97.2 Å². The first-order valence-corrected chi connectivity index (χ1v) is 14.5. The van der Waals surface area contributed by atoms with E-state index in [0.717, 1.165) is 44.9 Å². The van der Waals surface area contributed by atoms with Crippen LogP contribution in [0.1, 0.15) is 68.6 Å². The molecule has 0 aromatic heterocycles. The van der Waals surface area contributed by atoms with Gasteiger partial charge in [0.25, 0.3) is 5.91 Å². The van der Waals surface area contributed by atoms with E-state index in [1.54, 1.807) is 18.2 Å². The van der Waals surface area contributed by atoms with Crippen LogP contribution in [0, 0.1) is 0 Å². The van der Waals surface area contributed by atoms with Gasteiger partial charge < -0.3 is 20.6 Å². The Kier molecular flexibility index (Phi) is 21.0. The molecule has 1 aromatic rings. The number of para-hydroxylation sites is 1. The summed E-state index contributed by atoms with van der Waals surface area (Å²) in [7, 11) is 1.94. The molecule has 1 rings (SSSR count). The van der Waals surface area contributed by atoms with E-state index >= 15 is 0 Å². The van der Waals surface area contributed by atoms with Crippen LogP contribution in [-0.2, 0) is 4.79 Å². The molecule has 0 heterocycles. The van der Waals surface area contributed by atoms with Gasteiger partial charge in [0, 0.05) is 32.6 Å². The first-order valence-electron chi connectivity index (χ1n) is 14.5. The number of nitrogens with one attached hydrogen (secondary N) is 2. The molecule has 3 N–H and O–H groups in total. The molecule has 0 aliphatic carbocycles. The number of carbonyl (C=O) groups is 2. The zero-order valence-corrected chi connectivity index (χ0v) is 24.4. The fourth-order valence-corrected chi connectivity index (χ4v) is 3.56. The van der Waals surface area contributed by atoms with Gasteiger partial charge in [-0.3, -0.25) is 9.59 Å². The van der Waals surface area contributed by atoms with Gasteiger partial charge in [0.1, 0.15) is 5.75 Å². The lowest BCUT2D eigenvalue weighted by molar-refractivity contribution is -0.121. The lowest BCUT2D eigenvalue weighted by atomic mass is 10.2. The number of likely N-dealkylation sites (N-methyl/N-ethyl adjacent to an activating group) is 1. The zero-order chi connectivity index (χ0) is 29.1. The van der Waals surface area contributed by atoms with Crippen LogP contribution in [0.5, 0.6) is 5.75 Å². The van der Waals surface area contributed by atoms with Crippen LogP contribution in [0.4, 0.5) is 0 Å². The third-order valence-corrected chi connectivity index (χ3v) is 5.88. The average molecular weight is 548 g/mol. The minimum atomic E-state index is -0.297. The Hall–Kier alpha value is -3.64. The lowest BCUT2D eigenvalue weighted by Gasteiger charge is -2.17. The van der Waals surface area contributed by atoms with Crippen molar-refractivity contribution in [3.8, 4) is 5.75 Å². The molecule has 6 nitrogen and oxygen atoms in total. The van der Waals surface area contributed by atoms with E-state index in [0.29, 0.717) is 32.6 Å². The minimum absolute atomic E-state index is 0.0277. The maximum atomic E-state index is 12.1. The normalized spacial score (nSPS) is 12.4. The topological polar surface area (TPSA) is 81.7 Å². The van der Waals surface area contributed by atoms with Gasteiger partial charge in [0.15, 0.2) is 0 Å². The molecule has 1 aromatic carbocycles. The Labute approximate surface area is 241 Å². The highest BCUT2D eigenvalue weighted by Gasteiger charge is 2.09. The average Bonchev–Trinajstić information content (AvgIpc) is 2.94. The van der Waals surface area contributed by atoms with Crippen LogP contribution >= 0.6 is 0 Å². The summed E-state index contributed by atoms with van der Waals surface area (Å²) in [5.74, 6) is -0.282. The van der Waals surface area contributed by atoms with Gasteiger partial charge in [-0.25, -0.2) is 0 Å². The summed E-state index contributed by atoms with van der Waals surface area (Å²) in [4.78, 5) is 26.2. The Morgan fingerprint density at radius 1 is 0.725 bits per heavy atom. The molecule has 40 heavy (non-hydrogen) atoms. The molecule has 0 aliphatic rings. The van der Waals surface area contributed by atoms with E-state index in [4.69, 9.17) is 0 Å². The van der Waals surface area contributed by atoms with Crippen molar-refractivity contribution in [2.45, 2.75) is 58.3 Å². The summed E-state index contributed by atoms with van der Waals surface area (Å²) < 4.78 is 0. The Balaban J connectivity index is 1.99. The number of hydrogen-bond acceptors (Lipinski definition) is 4. The molecular formula is C34H49N3O3. The highest BCUT2D eigenvalue weighted by atomic mass is 16.3. The second-order valence-electron chi connectivity index (χ2n) is 9.38. The number of phenolic OH excluding ortho intramolecular Hbond substituents is 1. The third kappa shape index (κ3) is 19.4. The van der Waals surface area contributed by atoms with E-state index < -0.39 is 0 Å². The van der Waals surface area contributed by atoms with Crippen molar-refractivity contribution in [2.24, 2.45) is 0 Å². The zero-order valence-electron chi connectivity index (χ0n) is 24.4. The van der Waals surface area contributed by atoms with Crippen molar-refractivity contribution in [3.05, 3.63) is 103 Å². The van der Waals surface area contributed by atoms with Gasteiger partial charge in [-0.2, -0.15) is 0 Å². The van der Waals surface area contributed by atoms with Gasteiger partial charge in [-0.1, -0.05) is 92.0 Å². The molecule has 0 saturated heterocycles. The molecule has 0 unspecified atom stereocenters. The summed E-state index contributed by atoms with van der Waals surface area (Å²) in [6.07, 6.45) is 33.1. The first kappa shape index (κ1) is 34.4. The molecule has 0 bridgehead atoms. The van der Waals surface area contributed by atoms with Crippen LogP contribution in [0.3, 0.4) is 0 Å². The number of aromatic hydroxyl groups is 1. The van der Waals surface area contributed by atoms with Crippen molar-refractivity contribution < 1.29 is 14.7 Å². The van der Waals surface area contributed by atoms with Gasteiger partial charge in [0.05, 0.1) is 5.56 Å². The van der Waals surface area contributed by atoms with Crippen LogP contribution < -0.4 is 10.6 Å². The second kappa shape index (κ2) is 24.4. The Bertz CT molecular complexity index is 1010. The highest BCUT2D eigenvalue weighted by Crippen LogP contribution is 2.14. The monoisotopic (exact) mass is 547 g/mol. The number of amides is 2. The minimum Gasteiger partial charge on any atom is -0.507 e. The maximum absolute atomic E-state index is 12.1. The predicted molar refractivity (Wildman–Crippen MR) is 168 cm³/mol. The second-order valence-corrected chi connectivity index (χ2v) is 9.38. The van der Waals surface area contributed by atoms with Crippen LogP contribution in [0.2, 0.25) is 0 Å². The molecular weight excluding hydrogens is 498 g/mol. The van der Waals surface area contributed by atoms with E-state index in [1.165, 1.54) is 6.07 Å². The molecule has 0 fully saturated rings. The van der Waals surface area contributed by atoms with Crippen molar-refractivity contribution >= 4 is 11.8 Å². The SMILES string of the molecule is CC/C=C\C/C=C\C/C=C\C/C=C\C/C=C\C/C=C\CCC(=O)NCCN(C)CCNC(=O)c1ccccc1O. The van der Waals surface area contributed by atoms with Crippen LogP contribution in [-0.4, -0.2) is 55.0 Å².